The second-order valence-corrected chi connectivity index (χ2v) is 5.32. The first-order valence-corrected chi connectivity index (χ1v) is 7.22. The zero-order chi connectivity index (χ0) is 14.4. The summed E-state index contributed by atoms with van der Waals surface area (Å²) in [7, 11) is 1.70. The Bertz CT molecular complexity index is 433. The van der Waals surface area contributed by atoms with Crippen molar-refractivity contribution in [2.45, 2.75) is 44.8 Å². The fourth-order valence-corrected chi connectivity index (χ4v) is 2.80. The fourth-order valence-electron chi connectivity index (χ4n) is 2.80. The number of amides is 1. The lowest BCUT2D eigenvalue weighted by Gasteiger charge is -2.34. The van der Waals surface area contributed by atoms with Gasteiger partial charge in [0.1, 0.15) is 5.82 Å². The zero-order valence-electron chi connectivity index (χ0n) is 12.1. The van der Waals surface area contributed by atoms with Gasteiger partial charge < -0.3 is 15.0 Å². The van der Waals surface area contributed by atoms with Crippen LogP contribution in [-0.4, -0.2) is 46.7 Å². The van der Waals surface area contributed by atoms with E-state index in [9.17, 15) is 4.79 Å². The number of nitrogens with zero attached hydrogens (tertiary/aromatic N) is 3. The third-order valence-electron chi connectivity index (χ3n) is 3.87. The predicted octanol–water partition coefficient (Wildman–Crippen LogP) is 0.759. The fraction of sp³-hybridized carbons (Fsp3) is 0.714. The molecule has 1 aliphatic heterocycles. The monoisotopic (exact) mass is 280 g/mol. The first kappa shape index (κ1) is 15.0. The Morgan fingerprint density at radius 2 is 2.40 bits per heavy atom. The molecule has 1 unspecified atom stereocenters. The van der Waals surface area contributed by atoms with Gasteiger partial charge in [0.25, 0.3) is 0 Å². The standard InChI is InChI=1S/C14H24N4O2/c1-20-9-8-17-7-5-16-14(17)11-18-6-3-2-4-12(18)10-13(15)19/h5,7,12H,2-4,6,8-11H2,1H3,(H2,15,19). The number of primary amides is 1. The van der Waals surface area contributed by atoms with Crippen LogP contribution in [0.1, 0.15) is 31.5 Å². The van der Waals surface area contributed by atoms with Gasteiger partial charge in [0.05, 0.1) is 13.2 Å². The molecule has 112 valence electrons. The summed E-state index contributed by atoms with van der Waals surface area (Å²) >= 11 is 0. The van der Waals surface area contributed by atoms with E-state index in [0.717, 1.165) is 31.9 Å². The van der Waals surface area contributed by atoms with Gasteiger partial charge in [-0.2, -0.15) is 0 Å². The van der Waals surface area contributed by atoms with Crippen molar-refractivity contribution in [2.75, 3.05) is 20.3 Å². The van der Waals surface area contributed by atoms with Crippen LogP contribution in [0, 0.1) is 0 Å². The number of hydrogen-bond acceptors (Lipinski definition) is 4. The second kappa shape index (κ2) is 7.40. The summed E-state index contributed by atoms with van der Waals surface area (Å²) in [6.45, 7) is 3.26. The molecule has 0 radical (unpaired) electrons. The molecule has 1 amide bonds. The molecular formula is C14H24N4O2. The van der Waals surface area contributed by atoms with Gasteiger partial charge in [-0.1, -0.05) is 6.42 Å². The lowest BCUT2D eigenvalue weighted by molar-refractivity contribution is -0.119. The normalized spacial score (nSPS) is 20.1. The number of methoxy groups -OCH3 is 1. The van der Waals surface area contributed by atoms with Gasteiger partial charge in [0, 0.05) is 38.5 Å². The largest absolute Gasteiger partial charge is 0.383 e. The lowest BCUT2D eigenvalue weighted by Crippen LogP contribution is -2.41. The van der Waals surface area contributed by atoms with Gasteiger partial charge in [-0.05, 0) is 19.4 Å². The highest BCUT2D eigenvalue weighted by Gasteiger charge is 2.25. The van der Waals surface area contributed by atoms with E-state index in [1.54, 1.807) is 7.11 Å². The highest BCUT2D eigenvalue weighted by molar-refractivity contribution is 5.74. The van der Waals surface area contributed by atoms with E-state index in [0.29, 0.717) is 13.0 Å². The van der Waals surface area contributed by atoms with Crippen molar-refractivity contribution in [3.05, 3.63) is 18.2 Å². The number of nitrogens with two attached hydrogens (primary N) is 1. The molecule has 0 saturated carbocycles. The first-order chi connectivity index (χ1) is 9.70. The average Bonchev–Trinajstić information content (AvgIpc) is 2.85. The van der Waals surface area contributed by atoms with Gasteiger partial charge in [-0.15, -0.1) is 0 Å². The Kier molecular flexibility index (Phi) is 5.55. The van der Waals surface area contributed by atoms with E-state index >= 15 is 0 Å². The quantitative estimate of drug-likeness (QED) is 0.800. The van der Waals surface area contributed by atoms with Crippen LogP contribution in [0.25, 0.3) is 0 Å². The Hall–Kier alpha value is -1.40. The number of carbonyl (C=O) groups excluding carboxylic acids is 1. The van der Waals surface area contributed by atoms with E-state index in [1.807, 2.05) is 12.4 Å². The Morgan fingerprint density at radius 3 is 3.15 bits per heavy atom. The number of ether oxygens (including phenoxy) is 1. The molecule has 2 N–H and O–H groups in total. The molecule has 20 heavy (non-hydrogen) atoms. The molecule has 0 spiro atoms. The van der Waals surface area contributed by atoms with Crippen LogP contribution in [0.5, 0.6) is 0 Å². The summed E-state index contributed by atoms with van der Waals surface area (Å²) in [6.07, 6.45) is 7.63. The summed E-state index contributed by atoms with van der Waals surface area (Å²) in [5.74, 6) is 0.808. The smallest absolute Gasteiger partial charge is 0.218 e. The van der Waals surface area contributed by atoms with Crippen molar-refractivity contribution in [1.29, 1.82) is 0 Å². The second-order valence-electron chi connectivity index (χ2n) is 5.32. The Balaban J connectivity index is 1.99. The third-order valence-corrected chi connectivity index (χ3v) is 3.87. The Labute approximate surface area is 119 Å². The van der Waals surface area contributed by atoms with Crippen LogP contribution >= 0.6 is 0 Å². The number of imidazole rings is 1. The van der Waals surface area contributed by atoms with Gasteiger partial charge in [0.2, 0.25) is 5.91 Å². The summed E-state index contributed by atoms with van der Waals surface area (Å²) in [6, 6.07) is 0.258. The SMILES string of the molecule is COCCn1ccnc1CN1CCCCC1CC(N)=O. The van der Waals surface area contributed by atoms with E-state index in [2.05, 4.69) is 14.5 Å². The van der Waals surface area contributed by atoms with Gasteiger partial charge >= 0.3 is 0 Å². The summed E-state index contributed by atoms with van der Waals surface area (Å²) in [5.41, 5.74) is 5.35. The number of likely N-dealkylation sites (tertiary alicyclic amines) is 1. The van der Waals surface area contributed by atoms with Crippen molar-refractivity contribution in [2.24, 2.45) is 5.73 Å². The summed E-state index contributed by atoms with van der Waals surface area (Å²) in [4.78, 5) is 17.9. The molecule has 1 aromatic rings. The van der Waals surface area contributed by atoms with Crippen LogP contribution in [-0.2, 0) is 22.6 Å². The van der Waals surface area contributed by atoms with Crippen LogP contribution < -0.4 is 5.73 Å². The number of hydrogen-bond donors (Lipinski definition) is 1. The maximum absolute atomic E-state index is 11.2. The van der Waals surface area contributed by atoms with Crippen molar-refractivity contribution in [3.63, 3.8) is 0 Å². The van der Waals surface area contributed by atoms with Gasteiger partial charge in [-0.3, -0.25) is 9.69 Å². The third kappa shape index (κ3) is 4.05. The number of aromatic nitrogens is 2. The first-order valence-electron chi connectivity index (χ1n) is 7.22. The van der Waals surface area contributed by atoms with Crippen molar-refractivity contribution in [1.82, 2.24) is 14.5 Å². The maximum Gasteiger partial charge on any atom is 0.218 e. The van der Waals surface area contributed by atoms with E-state index < -0.39 is 0 Å². The minimum atomic E-state index is -0.218. The minimum absolute atomic E-state index is 0.218. The molecular weight excluding hydrogens is 256 g/mol. The van der Waals surface area contributed by atoms with Crippen LogP contribution in [0.15, 0.2) is 12.4 Å². The highest BCUT2D eigenvalue weighted by Crippen LogP contribution is 2.21. The number of rotatable bonds is 7. The topological polar surface area (TPSA) is 73.4 Å². The molecule has 1 atom stereocenters. The Morgan fingerprint density at radius 1 is 1.55 bits per heavy atom. The van der Waals surface area contributed by atoms with E-state index in [4.69, 9.17) is 10.5 Å². The number of carbonyl (C=O) groups is 1. The average molecular weight is 280 g/mol. The molecule has 1 fully saturated rings. The highest BCUT2D eigenvalue weighted by atomic mass is 16.5. The molecule has 1 aliphatic rings. The van der Waals surface area contributed by atoms with Crippen LogP contribution in [0.4, 0.5) is 0 Å². The minimum Gasteiger partial charge on any atom is -0.383 e. The van der Waals surface area contributed by atoms with Crippen molar-refractivity contribution >= 4 is 5.91 Å². The van der Waals surface area contributed by atoms with Gasteiger partial charge in [-0.25, -0.2) is 4.98 Å². The maximum atomic E-state index is 11.2. The predicted molar refractivity (Wildman–Crippen MR) is 76.0 cm³/mol. The molecule has 6 heteroatoms. The summed E-state index contributed by atoms with van der Waals surface area (Å²) in [5, 5.41) is 0. The van der Waals surface area contributed by atoms with Crippen molar-refractivity contribution in [3.8, 4) is 0 Å². The molecule has 2 heterocycles. The molecule has 1 saturated heterocycles. The van der Waals surface area contributed by atoms with Crippen molar-refractivity contribution < 1.29 is 9.53 Å². The van der Waals surface area contributed by atoms with E-state index in [1.165, 1.54) is 12.8 Å². The lowest BCUT2D eigenvalue weighted by atomic mass is 9.99. The zero-order valence-corrected chi connectivity index (χ0v) is 12.1. The van der Waals surface area contributed by atoms with Crippen LogP contribution in [0.2, 0.25) is 0 Å². The summed E-state index contributed by atoms with van der Waals surface area (Å²) < 4.78 is 7.22. The molecule has 0 aliphatic carbocycles. The molecule has 6 nitrogen and oxygen atoms in total. The molecule has 2 rings (SSSR count). The van der Waals surface area contributed by atoms with Gasteiger partial charge in [0.15, 0.2) is 0 Å². The van der Waals surface area contributed by atoms with E-state index in [-0.39, 0.29) is 11.9 Å². The van der Waals surface area contributed by atoms with Crippen LogP contribution in [0.3, 0.4) is 0 Å². The molecule has 1 aromatic heterocycles. The molecule has 0 bridgehead atoms. The molecule has 0 aromatic carbocycles. The number of piperidine rings is 1.